The fraction of sp³-hybridized carbons (Fsp3) is 0.111. The van der Waals surface area contributed by atoms with Gasteiger partial charge in [-0.1, -0.05) is 18.2 Å². The monoisotopic (exact) mass is 338 g/mol. The zero-order valence-corrected chi connectivity index (χ0v) is 14.0. The van der Waals surface area contributed by atoms with Crippen LogP contribution in [0.3, 0.4) is 0 Å². The molecule has 2 aliphatic heterocycles. The van der Waals surface area contributed by atoms with Crippen molar-refractivity contribution in [3.63, 3.8) is 0 Å². The molecule has 2 aromatic rings. The fourth-order valence-corrected chi connectivity index (χ4v) is 3.73. The van der Waals surface area contributed by atoms with Crippen molar-refractivity contribution in [2.24, 2.45) is 4.99 Å². The summed E-state index contributed by atoms with van der Waals surface area (Å²) in [7, 11) is 3.22. The molecule has 0 spiro atoms. The maximum absolute atomic E-state index is 12.8. The summed E-state index contributed by atoms with van der Waals surface area (Å²) in [6.45, 7) is 0. The number of carbonyl (C=O) groups is 1. The predicted octanol–water partition coefficient (Wildman–Crippen LogP) is 3.55. The Hall–Kier alpha value is -2.73. The number of hydrogen-bond acceptors (Lipinski definition) is 5. The van der Waals surface area contributed by atoms with Crippen molar-refractivity contribution in [2.45, 2.75) is 4.90 Å². The number of methoxy groups -OCH3 is 2. The Morgan fingerprint density at radius 1 is 1.08 bits per heavy atom. The van der Waals surface area contributed by atoms with Crippen molar-refractivity contribution in [3.05, 3.63) is 53.7 Å². The van der Waals surface area contributed by atoms with Crippen LogP contribution in [-0.2, 0) is 4.79 Å². The Morgan fingerprint density at radius 3 is 2.58 bits per heavy atom. The Morgan fingerprint density at radius 2 is 1.88 bits per heavy atom. The van der Waals surface area contributed by atoms with Gasteiger partial charge in [0.25, 0.3) is 5.91 Å². The van der Waals surface area contributed by atoms with Gasteiger partial charge in [-0.3, -0.25) is 4.79 Å². The van der Waals surface area contributed by atoms with Crippen molar-refractivity contribution in [1.29, 1.82) is 0 Å². The summed E-state index contributed by atoms with van der Waals surface area (Å²) in [6, 6.07) is 13.2. The maximum Gasteiger partial charge on any atom is 0.283 e. The first-order valence-electron chi connectivity index (χ1n) is 7.35. The first-order valence-corrected chi connectivity index (χ1v) is 8.16. The second kappa shape index (κ2) is 5.72. The minimum atomic E-state index is -0.142. The Kier molecular flexibility index (Phi) is 3.54. The number of hydrogen-bond donors (Lipinski definition) is 0. The number of ether oxygens (including phenoxy) is 2. The van der Waals surface area contributed by atoms with Gasteiger partial charge in [0.1, 0.15) is 22.9 Å². The van der Waals surface area contributed by atoms with Crippen LogP contribution in [0.25, 0.3) is 6.08 Å². The van der Waals surface area contributed by atoms with Gasteiger partial charge in [-0.2, -0.15) is 0 Å². The summed E-state index contributed by atoms with van der Waals surface area (Å²) in [5, 5.41) is 0.666. The Bertz CT molecular complexity index is 888. The SMILES string of the molecule is COc1ccc(/C=C2\N=C3Sc4cccc(OC)c4N3C2=O)cc1. The molecule has 0 fully saturated rings. The van der Waals surface area contributed by atoms with Crippen LogP contribution in [0.5, 0.6) is 11.5 Å². The average molecular weight is 338 g/mol. The quantitative estimate of drug-likeness (QED) is 0.803. The number of amides is 1. The maximum atomic E-state index is 12.8. The van der Waals surface area contributed by atoms with Crippen molar-refractivity contribution in [3.8, 4) is 11.5 Å². The summed E-state index contributed by atoms with van der Waals surface area (Å²) in [4.78, 5) is 19.9. The number of para-hydroxylation sites is 1. The van der Waals surface area contributed by atoms with E-state index in [0.717, 1.165) is 21.9 Å². The lowest BCUT2D eigenvalue weighted by molar-refractivity contribution is -0.113. The van der Waals surface area contributed by atoms with Crippen LogP contribution in [0.1, 0.15) is 5.56 Å². The molecule has 0 aromatic heterocycles. The molecule has 2 aliphatic rings. The average Bonchev–Trinajstić information content (AvgIpc) is 3.12. The minimum absolute atomic E-state index is 0.142. The standard InChI is InChI=1S/C18H14N2O3S/c1-22-12-8-6-11(7-9-12)10-13-17(21)20-16-14(23-2)4-3-5-15(16)24-18(20)19-13/h3-10H,1-2H3/b13-10-. The molecule has 120 valence electrons. The van der Waals surface area contributed by atoms with Gasteiger partial charge in [-0.15, -0.1) is 0 Å². The van der Waals surface area contributed by atoms with Crippen molar-refractivity contribution >= 4 is 34.6 Å². The Balaban J connectivity index is 1.70. The number of anilines is 1. The number of benzene rings is 2. The molecular weight excluding hydrogens is 324 g/mol. The van der Waals surface area contributed by atoms with E-state index in [1.165, 1.54) is 11.8 Å². The van der Waals surface area contributed by atoms with Crippen LogP contribution < -0.4 is 14.4 Å². The van der Waals surface area contributed by atoms with Crippen LogP contribution >= 0.6 is 11.8 Å². The van der Waals surface area contributed by atoms with E-state index in [4.69, 9.17) is 9.47 Å². The summed E-state index contributed by atoms with van der Waals surface area (Å²) < 4.78 is 10.5. The molecule has 2 aromatic carbocycles. The second-order valence-electron chi connectivity index (χ2n) is 5.25. The normalized spacial score (nSPS) is 16.9. The molecule has 4 rings (SSSR count). The van der Waals surface area contributed by atoms with Crippen molar-refractivity contribution in [2.75, 3.05) is 19.1 Å². The van der Waals surface area contributed by atoms with Crippen molar-refractivity contribution in [1.82, 2.24) is 0 Å². The third-order valence-electron chi connectivity index (χ3n) is 3.86. The van der Waals surface area contributed by atoms with Crippen LogP contribution in [0, 0.1) is 0 Å². The molecule has 0 unspecified atom stereocenters. The molecule has 1 amide bonds. The van der Waals surface area contributed by atoms with Crippen LogP contribution in [0.2, 0.25) is 0 Å². The van der Waals surface area contributed by atoms with Gasteiger partial charge in [0.05, 0.1) is 14.2 Å². The molecule has 6 heteroatoms. The number of amidine groups is 1. The van der Waals surface area contributed by atoms with E-state index in [-0.39, 0.29) is 5.91 Å². The van der Waals surface area contributed by atoms with Gasteiger partial charge in [-0.25, -0.2) is 9.89 Å². The molecular formula is C18H14N2O3S. The highest BCUT2D eigenvalue weighted by Crippen LogP contribution is 2.48. The molecule has 24 heavy (non-hydrogen) atoms. The molecule has 0 N–H and O–H groups in total. The smallest absolute Gasteiger partial charge is 0.283 e. The molecule has 0 saturated heterocycles. The van der Waals surface area contributed by atoms with Crippen LogP contribution in [-0.4, -0.2) is 25.3 Å². The predicted molar refractivity (Wildman–Crippen MR) is 94.7 cm³/mol. The lowest BCUT2D eigenvalue weighted by Gasteiger charge is -2.14. The number of rotatable bonds is 3. The topological polar surface area (TPSA) is 51.1 Å². The van der Waals surface area contributed by atoms with Crippen molar-refractivity contribution < 1.29 is 14.3 Å². The number of fused-ring (bicyclic) bond motifs is 3. The minimum Gasteiger partial charge on any atom is -0.497 e. The van der Waals surface area contributed by atoms with E-state index in [9.17, 15) is 4.79 Å². The molecule has 0 atom stereocenters. The van der Waals surface area contributed by atoms with Gasteiger partial charge >= 0.3 is 0 Å². The van der Waals surface area contributed by atoms with Gasteiger partial charge in [-0.05, 0) is 47.7 Å². The third kappa shape index (κ3) is 2.27. The summed E-state index contributed by atoms with van der Waals surface area (Å²) in [6.07, 6.45) is 1.78. The fourth-order valence-electron chi connectivity index (χ4n) is 2.69. The van der Waals surface area contributed by atoms with Crippen LogP contribution in [0.4, 0.5) is 5.69 Å². The highest BCUT2D eigenvalue weighted by Gasteiger charge is 2.40. The zero-order valence-electron chi connectivity index (χ0n) is 13.1. The molecule has 0 radical (unpaired) electrons. The Labute approximate surface area is 143 Å². The van der Waals surface area contributed by atoms with Gasteiger partial charge in [0.2, 0.25) is 0 Å². The van der Waals surface area contributed by atoms with E-state index in [2.05, 4.69) is 4.99 Å². The van der Waals surface area contributed by atoms with Crippen LogP contribution in [0.15, 0.2) is 58.0 Å². The zero-order chi connectivity index (χ0) is 16.7. The first kappa shape index (κ1) is 14.8. The highest BCUT2D eigenvalue weighted by atomic mass is 32.2. The number of carbonyl (C=O) groups excluding carboxylic acids is 1. The van der Waals surface area contributed by atoms with E-state index in [0.29, 0.717) is 16.6 Å². The number of nitrogens with zero attached hydrogens (tertiary/aromatic N) is 2. The van der Waals surface area contributed by atoms with E-state index in [1.54, 1.807) is 25.2 Å². The summed E-state index contributed by atoms with van der Waals surface area (Å²) >= 11 is 1.47. The molecule has 0 bridgehead atoms. The number of aliphatic imine (C=N–C) groups is 1. The molecule has 5 nitrogen and oxygen atoms in total. The molecule has 2 heterocycles. The van der Waals surface area contributed by atoms with E-state index >= 15 is 0 Å². The van der Waals surface area contributed by atoms with Gasteiger partial charge in [0.15, 0.2) is 5.17 Å². The second-order valence-corrected chi connectivity index (χ2v) is 6.26. The highest BCUT2D eigenvalue weighted by molar-refractivity contribution is 8.15. The summed E-state index contributed by atoms with van der Waals surface area (Å²) in [5.41, 5.74) is 2.08. The van der Waals surface area contributed by atoms with E-state index in [1.807, 2.05) is 42.5 Å². The largest absolute Gasteiger partial charge is 0.497 e. The molecule has 0 saturated carbocycles. The first-order chi connectivity index (χ1) is 11.7. The van der Waals surface area contributed by atoms with Gasteiger partial charge < -0.3 is 9.47 Å². The molecule has 0 aliphatic carbocycles. The lowest BCUT2D eigenvalue weighted by Crippen LogP contribution is -2.27. The third-order valence-corrected chi connectivity index (χ3v) is 4.86. The van der Waals surface area contributed by atoms with E-state index < -0.39 is 0 Å². The summed E-state index contributed by atoms with van der Waals surface area (Å²) in [5.74, 6) is 1.30. The number of thioether (sulfide) groups is 1. The lowest BCUT2D eigenvalue weighted by atomic mass is 10.2. The van der Waals surface area contributed by atoms with Gasteiger partial charge in [0, 0.05) is 4.90 Å².